The second-order valence-electron chi connectivity index (χ2n) is 6.68. The van der Waals surface area contributed by atoms with Crippen molar-refractivity contribution in [3.8, 4) is 11.5 Å². The molecule has 2 aromatic carbocycles. The molecule has 0 radical (unpaired) electrons. The first-order chi connectivity index (χ1) is 14.0. The lowest BCUT2D eigenvalue weighted by Gasteiger charge is -2.21. The lowest BCUT2D eigenvalue weighted by molar-refractivity contribution is -0.0172. The molecule has 0 aliphatic carbocycles. The monoisotopic (exact) mass is 421 g/mol. The molecule has 0 spiro atoms. The van der Waals surface area contributed by atoms with E-state index in [1.54, 1.807) is 19.2 Å². The van der Waals surface area contributed by atoms with Gasteiger partial charge < -0.3 is 24.8 Å². The summed E-state index contributed by atoms with van der Waals surface area (Å²) >= 11 is 5.88. The van der Waals surface area contributed by atoms with Gasteiger partial charge in [-0.25, -0.2) is 4.39 Å². The summed E-state index contributed by atoms with van der Waals surface area (Å²) in [6, 6.07) is 10.2. The van der Waals surface area contributed by atoms with Crippen LogP contribution in [-0.2, 0) is 17.8 Å². The summed E-state index contributed by atoms with van der Waals surface area (Å²) < 4.78 is 30.4. The molecule has 0 fully saturated rings. The largest absolute Gasteiger partial charge is 0.489 e. The number of hydrogen-bond acceptors (Lipinski definition) is 4. The fourth-order valence-corrected chi connectivity index (χ4v) is 3.13. The van der Waals surface area contributed by atoms with Crippen LogP contribution in [0.1, 0.15) is 18.1 Å². The Kier molecular flexibility index (Phi) is 7.55. The fraction of sp³-hybridized carbons (Fsp3) is 0.381. The molecule has 1 unspecified atom stereocenters. The van der Waals surface area contributed by atoms with Gasteiger partial charge in [0.05, 0.1) is 13.2 Å². The maximum Gasteiger partial charge on any atom is 0.191 e. The summed E-state index contributed by atoms with van der Waals surface area (Å²) in [6.07, 6.45) is 0.524. The molecule has 2 aromatic rings. The number of ether oxygens (including phenoxy) is 3. The van der Waals surface area contributed by atoms with Gasteiger partial charge in [-0.2, -0.15) is 0 Å². The van der Waals surface area contributed by atoms with Crippen molar-refractivity contribution in [2.75, 3.05) is 26.9 Å². The Morgan fingerprint density at radius 3 is 2.83 bits per heavy atom. The van der Waals surface area contributed by atoms with Crippen molar-refractivity contribution >= 4 is 17.6 Å². The molecule has 3 rings (SSSR count). The van der Waals surface area contributed by atoms with Crippen molar-refractivity contribution in [1.82, 2.24) is 10.6 Å². The van der Waals surface area contributed by atoms with Gasteiger partial charge in [0, 0.05) is 24.2 Å². The number of benzene rings is 2. The van der Waals surface area contributed by atoms with Crippen LogP contribution in [0.15, 0.2) is 41.4 Å². The molecule has 156 valence electrons. The molecule has 0 amide bonds. The van der Waals surface area contributed by atoms with Gasteiger partial charge in [0.15, 0.2) is 12.8 Å². The fourth-order valence-electron chi connectivity index (χ4n) is 3.01. The third kappa shape index (κ3) is 6.24. The maximum absolute atomic E-state index is 13.8. The van der Waals surface area contributed by atoms with Gasteiger partial charge in [0.25, 0.3) is 0 Å². The van der Waals surface area contributed by atoms with Gasteiger partial charge in [-0.3, -0.25) is 4.99 Å². The summed E-state index contributed by atoms with van der Waals surface area (Å²) in [7, 11) is 1.70. The molecule has 8 heteroatoms. The lowest BCUT2D eigenvalue weighted by Crippen LogP contribution is -2.42. The standard InChI is InChI=1S/C21H25ClFN3O3/c1-14(29-19-5-3-17(22)4-6-19)11-26-21(24-2)25-8-7-15-9-18(23)10-16-12-27-13-28-20(15)16/h3-6,9-10,14H,7-8,11-13H2,1-2H3,(H2,24,25,26). The van der Waals surface area contributed by atoms with Crippen molar-refractivity contribution in [3.63, 3.8) is 0 Å². The Labute approximate surface area is 175 Å². The Morgan fingerprint density at radius 1 is 1.28 bits per heavy atom. The predicted molar refractivity (Wildman–Crippen MR) is 111 cm³/mol. The molecule has 1 heterocycles. The van der Waals surface area contributed by atoms with Crippen LogP contribution >= 0.6 is 11.6 Å². The highest BCUT2D eigenvalue weighted by Crippen LogP contribution is 2.29. The minimum atomic E-state index is -0.288. The second kappa shape index (κ2) is 10.3. The summed E-state index contributed by atoms with van der Waals surface area (Å²) in [6.45, 7) is 3.66. The van der Waals surface area contributed by atoms with Crippen LogP contribution in [0.2, 0.25) is 5.02 Å². The first kappa shape index (κ1) is 21.2. The van der Waals surface area contributed by atoms with Crippen LogP contribution in [0.4, 0.5) is 4.39 Å². The van der Waals surface area contributed by atoms with Crippen LogP contribution in [0.5, 0.6) is 11.5 Å². The molecule has 6 nitrogen and oxygen atoms in total. The summed E-state index contributed by atoms with van der Waals surface area (Å²) in [5.74, 6) is 1.83. The van der Waals surface area contributed by atoms with Crippen LogP contribution < -0.4 is 20.1 Å². The topological polar surface area (TPSA) is 64.1 Å². The molecule has 2 N–H and O–H groups in total. The predicted octanol–water partition coefficient (Wildman–Crippen LogP) is 3.52. The van der Waals surface area contributed by atoms with E-state index in [4.69, 9.17) is 25.8 Å². The Hall–Kier alpha value is -2.51. The summed E-state index contributed by atoms with van der Waals surface area (Å²) in [4.78, 5) is 4.21. The van der Waals surface area contributed by atoms with E-state index in [0.29, 0.717) is 42.8 Å². The van der Waals surface area contributed by atoms with Crippen molar-refractivity contribution in [1.29, 1.82) is 0 Å². The number of halogens is 2. The third-order valence-electron chi connectivity index (χ3n) is 4.37. The van der Waals surface area contributed by atoms with Gasteiger partial charge in [0.1, 0.15) is 23.4 Å². The second-order valence-corrected chi connectivity index (χ2v) is 7.11. The van der Waals surface area contributed by atoms with Gasteiger partial charge >= 0.3 is 0 Å². The van der Waals surface area contributed by atoms with E-state index >= 15 is 0 Å². The molecular weight excluding hydrogens is 397 g/mol. The van der Waals surface area contributed by atoms with Crippen molar-refractivity contribution in [3.05, 3.63) is 58.4 Å². The highest BCUT2D eigenvalue weighted by Gasteiger charge is 2.17. The zero-order valence-electron chi connectivity index (χ0n) is 16.5. The van der Waals surface area contributed by atoms with Crippen LogP contribution in [0.3, 0.4) is 0 Å². The molecule has 29 heavy (non-hydrogen) atoms. The van der Waals surface area contributed by atoms with Gasteiger partial charge in [-0.05, 0) is 55.3 Å². The number of guanidine groups is 1. The van der Waals surface area contributed by atoms with Crippen molar-refractivity contribution < 1.29 is 18.6 Å². The maximum atomic E-state index is 13.8. The molecule has 0 saturated carbocycles. The van der Waals surface area contributed by atoms with Crippen molar-refractivity contribution in [2.45, 2.75) is 26.1 Å². The number of nitrogens with one attached hydrogen (secondary N) is 2. The molecule has 0 aromatic heterocycles. The SMILES string of the molecule is CN=C(NCCc1cc(F)cc2c1OCOC2)NCC(C)Oc1ccc(Cl)cc1. The van der Waals surface area contributed by atoms with Crippen molar-refractivity contribution in [2.24, 2.45) is 4.99 Å². The molecule has 0 saturated heterocycles. The molecule has 0 bridgehead atoms. The number of fused-ring (bicyclic) bond motifs is 1. The Balaban J connectivity index is 1.46. The molecule has 1 aliphatic heterocycles. The third-order valence-corrected chi connectivity index (χ3v) is 4.62. The summed E-state index contributed by atoms with van der Waals surface area (Å²) in [5.41, 5.74) is 1.55. The minimum Gasteiger partial charge on any atom is -0.489 e. The molecule has 1 aliphatic rings. The first-order valence-electron chi connectivity index (χ1n) is 9.43. The Bertz CT molecular complexity index is 846. The average molecular weight is 422 g/mol. The van der Waals surface area contributed by atoms with E-state index in [1.807, 2.05) is 19.1 Å². The van der Waals surface area contributed by atoms with E-state index in [2.05, 4.69) is 15.6 Å². The lowest BCUT2D eigenvalue weighted by atomic mass is 10.1. The minimum absolute atomic E-state index is 0.0710. The van der Waals surface area contributed by atoms with E-state index in [-0.39, 0.29) is 18.7 Å². The van der Waals surface area contributed by atoms with Crippen LogP contribution in [-0.4, -0.2) is 39.0 Å². The highest BCUT2D eigenvalue weighted by molar-refractivity contribution is 6.30. The number of rotatable bonds is 7. The zero-order valence-corrected chi connectivity index (χ0v) is 17.3. The highest BCUT2D eigenvalue weighted by atomic mass is 35.5. The van der Waals surface area contributed by atoms with Gasteiger partial charge in [0.2, 0.25) is 0 Å². The van der Waals surface area contributed by atoms with Gasteiger partial charge in [-0.15, -0.1) is 0 Å². The summed E-state index contributed by atoms with van der Waals surface area (Å²) in [5, 5.41) is 7.12. The number of hydrogen-bond donors (Lipinski definition) is 2. The Morgan fingerprint density at radius 2 is 2.07 bits per heavy atom. The van der Waals surface area contributed by atoms with E-state index in [1.165, 1.54) is 12.1 Å². The van der Waals surface area contributed by atoms with E-state index < -0.39 is 0 Å². The van der Waals surface area contributed by atoms with Crippen LogP contribution in [0.25, 0.3) is 0 Å². The molecule has 1 atom stereocenters. The average Bonchev–Trinajstić information content (AvgIpc) is 2.72. The smallest absolute Gasteiger partial charge is 0.191 e. The normalized spacial score (nSPS) is 14.6. The van der Waals surface area contributed by atoms with E-state index in [9.17, 15) is 4.39 Å². The number of aliphatic imine (C=N–C) groups is 1. The number of nitrogens with zero attached hydrogens (tertiary/aromatic N) is 1. The quantitative estimate of drug-likeness (QED) is 0.529. The van der Waals surface area contributed by atoms with Gasteiger partial charge in [-0.1, -0.05) is 11.6 Å². The zero-order chi connectivity index (χ0) is 20.6. The van der Waals surface area contributed by atoms with E-state index in [0.717, 1.165) is 16.9 Å². The first-order valence-corrected chi connectivity index (χ1v) is 9.81. The molecular formula is C21H25ClFN3O3. The van der Waals surface area contributed by atoms with Crippen LogP contribution in [0, 0.1) is 5.82 Å².